The fraction of sp³-hybridized carbons (Fsp3) is 0.107. The molecule has 1 heterocycles. The average Bonchev–Trinajstić information content (AvgIpc) is 3.31. The fourth-order valence-electron chi connectivity index (χ4n) is 3.37. The van der Waals surface area contributed by atoms with Gasteiger partial charge in [0.15, 0.2) is 6.61 Å². The number of hydrogen-bond donors (Lipinski definition) is 2. The lowest BCUT2D eigenvalue weighted by atomic mass is 10.1. The minimum Gasteiger partial charge on any atom is -0.484 e. The quantitative estimate of drug-likeness (QED) is 0.252. The maximum atomic E-state index is 12.9. The molecular weight excluding hydrogens is 490 g/mol. The summed E-state index contributed by atoms with van der Waals surface area (Å²) in [7, 11) is 0. The van der Waals surface area contributed by atoms with Gasteiger partial charge in [-0.3, -0.25) is 9.59 Å². The molecule has 0 saturated carbocycles. The van der Waals surface area contributed by atoms with E-state index in [9.17, 15) is 14.9 Å². The van der Waals surface area contributed by atoms with Crippen LogP contribution in [0.15, 0.2) is 95.2 Å². The van der Waals surface area contributed by atoms with Gasteiger partial charge in [-0.25, -0.2) is 0 Å². The van der Waals surface area contributed by atoms with Crippen molar-refractivity contribution in [3.05, 3.63) is 95.9 Å². The van der Waals surface area contributed by atoms with Crippen LogP contribution < -0.4 is 15.4 Å². The molecule has 0 aliphatic carbocycles. The molecule has 4 aromatic rings. The molecule has 1 atom stereocenters. The Morgan fingerprint density at radius 1 is 1.00 bits per heavy atom. The lowest BCUT2D eigenvalue weighted by molar-refractivity contribution is -0.118. The van der Waals surface area contributed by atoms with Gasteiger partial charge in [-0.2, -0.15) is 5.26 Å². The highest BCUT2D eigenvalue weighted by atomic mass is 32.2. The molecule has 0 bridgehead atoms. The minimum atomic E-state index is -0.425. The van der Waals surface area contributed by atoms with Crippen LogP contribution in [0, 0.1) is 11.3 Å². The molecule has 4 rings (SSSR count). The van der Waals surface area contributed by atoms with Crippen LogP contribution in [0.1, 0.15) is 12.5 Å². The number of thiophene rings is 1. The molecule has 36 heavy (non-hydrogen) atoms. The molecule has 2 N–H and O–H groups in total. The van der Waals surface area contributed by atoms with Crippen molar-refractivity contribution in [3.63, 3.8) is 0 Å². The Bertz CT molecular complexity index is 1380. The summed E-state index contributed by atoms with van der Waals surface area (Å²) >= 11 is 2.70. The molecule has 8 heteroatoms. The van der Waals surface area contributed by atoms with Gasteiger partial charge in [0.05, 0.1) is 10.8 Å². The second-order valence-corrected chi connectivity index (χ2v) is 10.1. The van der Waals surface area contributed by atoms with Gasteiger partial charge in [-0.05, 0) is 42.8 Å². The fourth-order valence-corrected chi connectivity index (χ4v) is 5.22. The highest BCUT2D eigenvalue weighted by molar-refractivity contribution is 8.00. The third-order valence-corrected chi connectivity index (χ3v) is 7.13. The van der Waals surface area contributed by atoms with Crippen molar-refractivity contribution >= 4 is 45.6 Å². The molecule has 6 nitrogen and oxygen atoms in total. The zero-order valence-corrected chi connectivity index (χ0v) is 21.1. The Morgan fingerprint density at radius 3 is 2.44 bits per heavy atom. The van der Waals surface area contributed by atoms with Gasteiger partial charge in [0.1, 0.15) is 16.8 Å². The molecule has 0 fully saturated rings. The van der Waals surface area contributed by atoms with Crippen molar-refractivity contribution in [2.45, 2.75) is 17.1 Å². The van der Waals surface area contributed by atoms with E-state index in [1.54, 1.807) is 25.1 Å². The minimum absolute atomic E-state index is 0.104. The molecule has 0 aliphatic rings. The molecule has 0 aliphatic heterocycles. The number of carbonyl (C=O) groups excluding carboxylic acids is 2. The number of nitrogens with one attached hydrogen (secondary N) is 2. The van der Waals surface area contributed by atoms with E-state index in [4.69, 9.17) is 4.74 Å². The van der Waals surface area contributed by atoms with Gasteiger partial charge in [0.25, 0.3) is 5.91 Å². The average molecular weight is 514 g/mol. The SMILES string of the molecule is CC(Sc1cccc(NC(=O)COc2ccccc2)c1)C(=O)Nc1scc(-c2ccccc2)c1C#N. The number of carbonyl (C=O) groups is 2. The van der Waals surface area contributed by atoms with Crippen LogP contribution in [-0.4, -0.2) is 23.7 Å². The first kappa shape index (κ1) is 25.0. The smallest absolute Gasteiger partial charge is 0.262 e. The predicted octanol–water partition coefficient (Wildman–Crippen LogP) is 6.42. The Hall–Kier alpha value is -4.06. The Labute approximate surface area is 217 Å². The van der Waals surface area contributed by atoms with Gasteiger partial charge in [-0.1, -0.05) is 54.6 Å². The molecule has 180 valence electrons. The Morgan fingerprint density at radius 2 is 1.72 bits per heavy atom. The maximum absolute atomic E-state index is 12.9. The van der Waals surface area contributed by atoms with Crippen LogP contribution in [0.2, 0.25) is 0 Å². The van der Waals surface area contributed by atoms with Crippen molar-refractivity contribution in [2.24, 2.45) is 0 Å². The van der Waals surface area contributed by atoms with Crippen LogP contribution in [0.3, 0.4) is 0 Å². The van der Waals surface area contributed by atoms with E-state index in [1.165, 1.54) is 23.1 Å². The van der Waals surface area contributed by atoms with Gasteiger partial charge >= 0.3 is 0 Å². The zero-order valence-electron chi connectivity index (χ0n) is 19.4. The first-order valence-electron chi connectivity index (χ1n) is 11.2. The second-order valence-electron chi connectivity index (χ2n) is 7.76. The summed E-state index contributed by atoms with van der Waals surface area (Å²) in [6.07, 6.45) is 0. The van der Waals surface area contributed by atoms with Crippen molar-refractivity contribution in [1.82, 2.24) is 0 Å². The van der Waals surface area contributed by atoms with Gasteiger partial charge < -0.3 is 15.4 Å². The monoisotopic (exact) mass is 513 g/mol. The van der Waals surface area contributed by atoms with Crippen molar-refractivity contribution in [3.8, 4) is 22.9 Å². The van der Waals surface area contributed by atoms with Crippen LogP contribution in [-0.2, 0) is 9.59 Å². The van der Waals surface area contributed by atoms with E-state index in [-0.39, 0.29) is 18.4 Å². The lowest BCUT2D eigenvalue weighted by Crippen LogP contribution is -2.22. The number of nitrogens with zero attached hydrogens (tertiary/aromatic N) is 1. The van der Waals surface area contributed by atoms with E-state index in [1.807, 2.05) is 72.1 Å². The van der Waals surface area contributed by atoms with Crippen LogP contribution in [0.4, 0.5) is 10.7 Å². The first-order chi connectivity index (χ1) is 17.5. The van der Waals surface area contributed by atoms with Crippen molar-refractivity contribution in [1.29, 1.82) is 5.26 Å². The van der Waals surface area contributed by atoms with E-state index in [0.29, 0.717) is 22.0 Å². The summed E-state index contributed by atoms with van der Waals surface area (Å²) in [6.45, 7) is 1.70. The number of nitriles is 1. The van der Waals surface area contributed by atoms with Crippen LogP contribution >= 0.6 is 23.1 Å². The highest BCUT2D eigenvalue weighted by Gasteiger charge is 2.20. The van der Waals surface area contributed by atoms with Gasteiger partial charge in [0.2, 0.25) is 5.91 Å². The van der Waals surface area contributed by atoms with Gasteiger partial charge in [-0.15, -0.1) is 23.1 Å². The van der Waals surface area contributed by atoms with Crippen molar-refractivity contribution < 1.29 is 14.3 Å². The summed E-state index contributed by atoms with van der Waals surface area (Å²) in [4.78, 5) is 26.0. The molecule has 0 saturated heterocycles. The topological polar surface area (TPSA) is 91.2 Å². The number of benzene rings is 3. The normalized spacial score (nSPS) is 11.2. The third kappa shape index (κ3) is 6.54. The van der Waals surface area contributed by atoms with E-state index >= 15 is 0 Å². The molecule has 0 spiro atoms. The Balaban J connectivity index is 1.35. The highest BCUT2D eigenvalue weighted by Crippen LogP contribution is 2.35. The number of anilines is 2. The van der Waals surface area contributed by atoms with Crippen LogP contribution in [0.5, 0.6) is 5.75 Å². The number of ether oxygens (including phenoxy) is 1. The van der Waals surface area contributed by atoms with E-state index < -0.39 is 5.25 Å². The van der Waals surface area contributed by atoms with Crippen molar-refractivity contribution in [2.75, 3.05) is 17.2 Å². The summed E-state index contributed by atoms with van der Waals surface area (Å²) in [6, 6.07) is 28.3. The summed E-state index contributed by atoms with van der Waals surface area (Å²) in [5.41, 5.74) is 2.81. The molecule has 0 radical (unpaired) electrons. The number of thioether (sulfide) groups is 1. The largest absolute Gasteiger partial charge is 0.484 e. The maximum Gasteiger partial charge on any atom is 0.262 e. The molecule has 3 aromatic carbocycles. The molecule has 1 aromatic heterocycles. The molecular formula is C28H23N3O3S2. The van der Waals surface area contributed by atoms with E-state index in [0.717, 1.165) is 16.0 Å². The lowest BCUT2D eigenvalue weighted by Gasteiger charge is -2.13. The summed E-state index contributed by atoms with van der Waals surface area (Å²) < 4.78 is 5.48. The third-order valence-electron chi connectivity index (χ3n) is 5.14. The zero-order chi connectivity index (χ0) is 25.3. The number of rotatable bonds is 9. The van der Waals surface area contributed by atoms with Gasteiger partial charge in [0, 0.05) is 21.5 Å². The number of hydrogen-bond acceptors (Lipinski definition) is 6. The first-order valence-corrected chi connectivity index (χ1v) is 12.9. The molecule has 2 amide bonds. The summed E-state index contributed by atoms with van der Waals surface area (Å²) in [5, 5.41) is 17.4. The molecule has 1 unspecified atom stereocenters. The second kappa shape index (κ2) is 12.1. The number of amides is 2. The summed E-state index contributed by atoms with van der Waals surface area (Å²) in [5.74, 6) is 0.143. The Kier molecular flexibility index (Phi) is 8.40. The number of para-hydroxylation sites is 1. The van der Waals surface area contributed by atoms with Crippen LogP contribution in [0.25, 0.3) is 11.1 Å². The van der Waals surface area contributed by atoms with E-state index in [2.05, 4.69) is 16.7 Å². The standard InChI is InChI=1S/C28H23N3O3S2/c1-19(27(33)31-28-24(16-29)25(18-35-28)20-9-4-2-5-10-20)36-23-14-8-11-21(15-23)30-26(32)17-34-22-12-6-3-7-13-22/h2-15,18-19H,17H2,1H3,(H,30,32)(H,31,33). The predicted molar refractivity (Wildman–Crippen MR) is 145 cm³/mol.